The molecule has 296 valence electrons. The first-order chi connectivity index (χ1) is 27.3. The molecule has 0 unspecified atom stereocenters. The number of benzene rings is 5. The van der Waals surface area contributed by atoms with Gasteiger partial charge in [0.05, 0.1) is 16.4 Å². The molecule has 0 saturated carbocycles. The molecular formula is C45H47N3O7S2. The molecule has 5 aromatic carbocycles. The third-order valence-electron chi connectivity index (χ3n) is 9.77. The topological polar surface area (TPSA) is 136 Å². The van der Waals surface area contributed by atoms with E-state index in [2.05, 4.69) is 102 Å². The lowest BCUT2D eigenvalue weighted by molar-refractivity contribution is 0.263. The Balaban J connectivity index is 1.28. The van der Waals surface area contributed by atoms with E-state index in [1.807, 2.05) is 37.3 Å². The predicted octanol–water partition coefficient (Wildman–Crippen LogP) is 9.17. The Hall–Kier alpha value is -5.50. The molecular weight excluding hydrogens is 759 g/mol. The molecule has 0 radical (unpaired) electrons. The highest BCUT2D eigenvalue weighted by molar-refractivity contribution is 7.86. The highest BCUT2D eigenvalue weighted by Gasteiger charge is 2.19. The van der Waals surface area contributed by atoms with Crippen LogP contribution in [0, 0.1) is 0 Å². The molecule has 5 aromatic rings. The molecule has 57 heavy (non-hydrogen) atoms. The van der Waals surface area contributed by atoms with Gasteiger partial charge in [-0.05, 0) is 127 Å². The van der Waals surface area contributed by atoms with Crippen molar-refractivity contribution in [1.29, 1.82) is 0 Å². The Bertz CT molecular complexity index is 2450. The van der Waals surface area contributed by atoms with Gasteiger partial charge in [-0.15, -0.1) is 0 Å². The van der Waals surface area contributed by atoms with Crippen LogP contribution < -0.4 is 15.0 Å². The van der Waals surface area contributed by atoms with Crippen molar-refractivity contribution in [1.82, 2.24) is 4.90 Å². The largest absolute Gasteiger partial charge is 0.494 e. The number of nitrogens with one attached hydrogen (secondary N) is 1. The second kappa shape index (κ2) is 18.2. The van der Waals surface area contributed by atoms with Gasteiger partial charge in [0.1, 0.15) is 5.75 Å². The van der Waals surface area contributed by atoms with E-state index >= 15 is 0 Å². The van der Waals surface area contributed by atoms with Crippen molar-refractivity contribution in [3.63, 3.8) is 0 Å². The van der Waals surface area contributed by atoms with Crippen LogP contribution in [0.4, 0.5) is 17.1 Å². The van der Waals surface area contributed by atoms with Crippen LogP contribution in [-0.2, 0) is 33.3 Å². The maximum absolute atomic E-state index is 11.8. The molecule has 0 spiro atoms. The standard InChI is InChI=1S/C45H47N3O7S2/c1-4-47(31-33-10-28-43(29-11-33)56(49,50)51)40-22-14-36(15-23-40)45(35-12-18-38(19-13-35)46-39-20-26-42(27-21-39)55-6-3)37-16-24-41(25-17-37)48(5-2)32-34-8-7-9-44(30-34)57(52,53)54/h7-30,41,46H,4-6,31-32H2,1-3H3,(H,49,50,51)(H,52,53,54). The van der Waals surface area contributed by atoms with Crippen LogP contribution in [0.3, 0.4) is 0 Å². The van der Waals surface area contributed by atoms with Crippen molar-refractivity contribution in [3.05, 3.63) is 173 Å². The van der Waals surface area contributed by atoms with E-state index in [9.17, 15) is 25.9 Å². The summed E-state index contributed by atoms with van der Waals surface area (Å²) >= 11 is 0. The fourth-order valence-corrected chi connectivity index (χ4v) is 7.83. The zero-order valence-electron chi connectivity index (χ0n) is 32.1. The first-order valence-electron chi connectivity index (χ1n) is 18.8. The van der Waals surface area contributed by atoms with Gasteiger partial charge in [0.2, 0.25) is 0 Å². The minimum Gasteiger partial charge on any atom is -0.494 e. The monoisotopic (exact) mass is 805 g/mol. The number of hydrogen-bond acceptors (Lipinski definition) is 8. The van der Waals surface area contributed by atoms with Gasteiger partial charge in [-0.2, -0.15) is 16.8 Å². The lowest BCUT2D eigenvalue weighted by Gasteiger charge is -2.28. The van der Waals surface area contributed by atoms with E-state index < -0.39 is 20.2 Å². The van der Waals surface area contributed by atoms with Gasteiger partial charge < -0.3 is 15.0 Å². The molecule has 0 bridgehead atoms. The van der Waals surface area contributed by atoms with E-state index in [1.165, 1.54) is 24.3 Å². The third kappa shape index (κ3) is 10.7. The Morgan fingerprint density at radius 3 is 1.77 bits per heavy atom. The lowest BCUT2D eigenvalue weighted by Crippen LogP contribution is -2.32. The predicted molar refractivity (Wildman–Crippen MR) is 227 cm³/mol. The summed E-state index contributed by atoms with van der Waals surface area (Å²) in [6.45, 7) is 9.17. The number of ether oxygens (including phenoxy) is 1. The fourth-order valence-electron chi connectivity index (χ4n) is 6.80. The normalized spacial score (nSPS) is 14.1. The lowest BCUT2D eigenvalue weighted by atomic mass is 9.90. The molecule has 3 N–H and O–H groups in total. The van der Waals surface area contributed by atoms with Crippen LogP contribution in [0.2, 0.25) is 0 Å². The average Bonchev–Trinajstić information content (AvgIpc) is 3.21. The first-order valence-corrected chi connectivity index (χ1v) is 21.7. The van der Waals surface area contributed by atoms with Crippen molar-refractivity contribution >= 4 is 42.9 Å². The van der Waals surface area contributed by atoms with Gasteiger partial charge in [-0.1, -0.05) is 79.8 Å². The number of anilines is 3. The van der Waals surface area contributed by atoms with Gasteiger partial charge in [0.25, 0.3) is 20.2 Å². The molecule has 10 nitrogen and oxygen atoms in total. The molecule has 0 aliphatic heterocycles. The molecule has 0 heterocycles. The summed E-state index contributed by atoms with van der Waals surface area (Å²) in [5, 5.41) is 3.47. The number of likely N-dealkylation sites (N-methyl/N-ethyl adjacent to an activating group) is 1. The van der Waals surface area contributed by atoms with Crippen LogP contribution in [0.5, 0.6) is 5.75 Å². The van der Waals surface area contributed by atoms with E-state index in [4.69, 9.17) is 4.74 Å². The molecule has 0 amide bonds. The third-order valence-corrected chi connectivity index (χ3v) is 11.5. The van der Waals surface area contributed by atoms with Crippen molar-refractivity contribution in [2.24, 2.45) is 0 Å². The number of allylic oxidation sites excluding steroid dienone is 3. The summed E-state index contributed by atoms with van der Waals surface area (Å²) in [7, 11) is -8.57. The average molecular weight is 806 g/mol. The SMILES string of the molecule is CCOc1ccc(Nc2ccc(C(=C3C=CC(N(CC)Cc4cccc(S(=O)(=O)O)c4)C=C3)c3ccc(N(CC)Cc4ccc(S(=O)(=O)O)cc4)cc3)cc2)cc1. The van der Waals surface area contributed by atoms with Gasteiger partial charge in [0.15, 0.2) is 0 Å². The molecule has 1 aliphatic carbocycles. The fraction of sp³-hybridized carbons (Fsp3) is 0.200. The molecule has 0 aromatic heterocycles. The smallest absolute Gasteiger partial charge is 0.294 e. The van der Waals surface area contributed by atoms with Crippen LogP contribution in [0.25, 0.3) is 5.57 Å². The summed E-state index contributed by atoms with van der Waals surface area (Å²) in [5.74, 6) is 0.821. The minimum atomic E-state index is -4.30. The van der Waals surface area contributed by atoms with Crippen molar-refractivity contribution in [2.75, 3.05) is 29.9 Å². The Morgan fingerprint density at radius 1 is 0.649 bits per heavy atom. The molecule has 0 fully saturated rings. The summed E-state index contributed by atoms with van der Waals surface area (Å²) in [5.41, 5.74) is 8.72. The summed E-state index contributed by atoms with van der Waals surface area (Å²) < 4.78 is 71.1. The Labute approximate surface area is 335 Å². The van der Waals surface area contributed by atoms with Crippen LogP contribution in [0.1, 0.15) is 43.0 Å². The van der Waals surface area contributed by atoms with E-state index in [0.29, 0.717) is 26.2 Å². The Morgan fingerprint density at radius 2 is 1.23 bits per heavy atom. The van der Waals surface area contributed by atoms with Crippen LogP contribution in [0.15, 0.2) is 161 Å². The highest BCUT2D eigenvalue weighted by atomic mass is 32.2. The van der Waals surface area contributed by atoms with Gasteiger partial charge in [-0.3, -0.25) is 14.0 Å². The summed E-state index contributed by atoms with van der Waals surface area (Å²) in [6.07, 6.45) is 8.55. The second-order valence-corrected chi connectivity index (χ2v) is 16.4. The van der Waals surface area contributed by atoms with E-state index in [1.54, 1.807) is 18.2 Å². The molecule has 12 heteroatoms. The Kier molecular flexibility index (Phi) is 13.1. The summed E-state index contributed by atoms with van der Waals surface area (Å²) in [6, 6.07) is 37.2. The first kappa shape index (κ1) is 41.1. The van der Waals surface area contributed by atoms with Crippen LogP contribution in [-0.4, -0.2) is 56.6 Å². The number of nitrogens with zero attached hydrogens (tertiary/aromatic N) is 2. The van der Waals surface area contributed by atoms with Gasteiger partial charge in [0, 0.05) is 42.7 Å². The van der Waals surface area contributed by atoms with Crippen LogP contribution >= 0.6 is 0 Å². The van der Waals surface area contributed by atoms with Crippen molar-refractivity contribution < 1.29 is 30.7 Å². The molecule has 0 atom stereocenters. The molecule has 0 saturated heterocycles. The quantitative estimate of drug-likeness (QED) is 0.0829. The molecule has 6 rings (SSSR count). The minimum absolute atomic E-state index is 0.0397. The number of hydrogen-bond donors (Lipinski definition) is 3. The molecule has 1 aliphatic rings. The zero-order chi connectivity index (χ0) is 40.6. The maximum atomic E-state index is 11.8. The maximum Gasteiger partial charge on any atom is 0.294 e. The van der Waals surface area contributed by atoms with Gasteiger partial charge in [-0.25, -0.2) is 0 Å². The van der Waals surface area contributed by atoms with E-state index in [0.717, 1.165) is 62.8 Å². The van der Waals surface area contributed by atoms with Crippen molar-refractivity contribution in [2.45, 2.75) is 49.7 Å². The van der Waals surface area contributed by atoms with Crippen molar-refractivity contribution in [3.8, 4) is 5.75 Å². The van der Waals surface area contributed by atoms with E-state index in [-0.39, 0.29) is 15.8 Å². The highest BCUT2D eigenvalue weighted by Crippen LogP contribution is 2.33. The van der Waals surface area contributed by atoms with Gasteiger partial charge >= 0.3 is 0 Å². The number of rotatable bonds is 16. The second-order valence-electron chi connectivity index (χ2n) is 13.6. The zero-order valence-corrected chi connectivity index (χ0v) is 33.7. The summed E-state index contributed by atoms with van der Waals surface area (Å²) in [4.78, 5) is 4.15.